The summed E-state index contributed by atoms with van der Waals surface area (Å²) in [7, 11) is 0. The Labute approximate surface area is 110 Å². The van der Waals surface area contributed by atoms with Crippen LogP contribution in [0.2, 0.25) is 0 Å². The molecule has 2 heterocycles. The molecule has 0 bridgehead atoms. The molecule has 0 atom stereocenters. The molecule has 0 fully saturated rings. The fraction of sp³-hybridized carbons (Fsp3) is 0.0714. The number of imidazole rings is 1. The Morgan fingerprint density at radius 2 is 2.00 bits per heavy atom. The van der Waals surface area contributed by atoms with Crippen LogP contribution in [0.5, 0.6) is 0 Å². The Morgan fingerprint density at radius 3 is 2.79 bits per heavy atom. The molecule has 5 heteroatoms. The smallest absolute Gasteiger partial charge is 0.149 e. The van der Waals surface area contributed by atoms with Crippen LogP contribution in [0.25, 0.3) is 16.9 Å². The number of rotatable bonds is 2. The zero-order chi connectivity index (χ0) is 13.4. The highest BCUT2D eigenvalue weighted by molar-refractivity contribution is 5.98. The predicted molar refractivity (Wildman–Crippen MR) is 74.6 cm³/mol. The van der Waals surface area contributed by atoms with Crippen LogP contribution in [0.4, 0.5) is 0 Å². The third kappa shape index (κ3) is 1.85. The highest BCUT2D eigenvalue weighted by Gasteiger charge is 2.12. The van der Waals surface area contributed by atoms with E-state index in [-0.39, 0.29) is 5.84 Å². The fourth-order valence-corrected chi connectivity index (χ4v) is 2.06. The lowest BCUT2D eigenvalue weighted by molar-refractivity contribution is 0.994. The second-order valence-corrected chi connectivity index (χ2v) is 4.34. The summed E-state index contributed by atoms with van der Waals surface area (Å²) in [5, 5.41) is 7.66. The Bertz CT molecular complexity index is 772. The molecule has 0 aliphatic rings. The van der Waals surface area contributed by atoms with Crippen molar-refractivity contribution in [3.8, 4) is 5.82 Å². The first-order valence-electron chi connectivity index (χ1n) is 5.91. The summed E-state index contributed by atoms with van der Waals surface area (Å²) in [6.45, 7) is 1.91. The van der Waals surface area contributed by atoms with Crippen LogP contribution in [-0.2, 0) is 0 Å². The van der Waals surface area contributed by atoms with Crippen molar-refractivity contribution in [2.24, 2.45) is 5.73 Å². The summed E-state index contributed by atoms with van der Waals surface area (Å²) in [6.07, 6.45) is 1.71. The predicted octanol–water partition coefficient (Wildman–Crippen LogP) is 2.01. The van der Waals surface area contributed by atoms with Crippen LogP contribution in [0, 0.1) is 12.3 Å². The highest BCUT2D eigenvalue weighted by atomic mass is 15.1. The normalized spacial score (nSPS) is 10.8. The average molecular weight is 251 g/mol. The highest BCUT2D eigenvalue weighted by Crippen LogP contribution is 2.19. The van der Waals surface area contributed by atoms with Crippen molar-refractivity contribution < 1.29 is 0 Å². The molecule has 0 spiro atoms. The molecule has 3 N–H and O–H groups in total. The number of aromatic nitrogens is 3. The third-order valence-electron chi connectivity index (χ3n) is 2.99. The first-order chi connectivity index (χ1) is 9.16. The SMILES string of the molecule is Cc1ccc(C(=N)N)c(-n2cnc3ccccc32)n1. The maximum absolute atomic E-state index is 7.66. The van der Waals surface area contributed by atoms with Crippen molar-refractivity contribution in [3.63, 3.8) is 0 Å². The molecule has 0 aliphatic heterocycles. The van der Waals surface area contributed by atoms with Gasteiger partial charge in [0.25, 0.3) is 0 Å². The van der Waals surface area contributed by atoms with Crippen LogP contribution in [0.15, 0.2) is 42.7 Å². The second-order valence-electron chi connectivity index (χ2n) is 4.34. The standard InChI is InChI=1S/C14H13N5/c1-9-6-7-10(13(15)16)14(18-9)19-8-17-11-4-2-3-5-12(11)19/h2-8H,1H3,(H3,15,16). The van der Waals surface area contributed by atoms with Gasteiger partial charge in [0.15, 0.2) is 0 Å². The summed E-state index contributed by atoms with van der Waals surface area (Å²) < 4.78 is 1.86. The monoisotopic (exact) mass is 251 g/mol. The van der Waals surface area contributed by atoms with E-state index in [1.807, 2.05) is 47.9 Å². The number of nitrogens with zero attached hydrogens (tertiary/aromatic N) is 3. The minimum absolute atomic E-state index is 0.000260. The fourth-order valence-electron chi connectivity index (χ4n) is 2.06. The number of nitrogens with two attached hydrogens (primary N) is 1. The van der Waals surface area contributed by atoms with Gasteiger partial charge in [-0.1, -0.05) is 12.1 Å². The van der Waals surface area contributed by atoms with Crippen molar-refractivity contribution >= 4 is 16.9 Å². The summed E-state index contributed by atoms with van der Waals surface area (Å²) in [6, 6.07) is 11.5. The van der Waals surface area contributed by atoms with Gasteiger partial charge >= 0.3 is 0 Å². The number of nitrogens with one attached hydrogen (secondary N) is 1. The minimum Gasteiger partial charge on any atom is -0.384 e. The van der Waals surface area contributed by atoms with Crippen LogP contribution in [0.3, 0.4) is 0 Å². The zero-order valence-corrected chi connectivity index (χ0v) is 10.5. The van der Waals surface area contributed by atoms with Crippen LogP contribution < -0.4 is 5.73 Å². The van der Waals surface area contributed by atoms with E-state index < -0.39 is 0 Å². The number of benzene rings is 1. The minimum atomic E-state index is 0.000260. The van der Waals surface area contributed by atoms with Gasteiger partial charge in [0.2, 0.25) is 0 Å². The molecule has 0 saturated heterocycles. The molecule has 0 radical (unpaired) electrons. The maximum Gasteiger partial charge on any atom is 0.149 e. The van der Waals surface area contributed by atoms with Crippen molar-refractivity contribution in [2.45, 2.75) is 6.92 Å². The maximum atomic E-state index is 7.66. The van der Waals surface area contributed by atoms with Gasteiger partial charge in [-0.25, -0.2) is 9.97 Å². The van der Waals surface area contributed by atoms with Gasteiger partial charge in [-0.15, -0.1) is 0 Å². The molecule has 0 aliphatic carbocycles. The van der Waals surface area contributed by atoms with E-state index in [0.717, 1.165) is 16.7 Å². The average Bonchev–Trinajstić information content (AvgIpc) is 2.82. The lowest BCUT2D eigenvalue weighted by Crippen LogP contribution is -2.16. The molecule has 19 heavy (non-hydrogen) atoms. The molecular weight excluding hydrogens is 238 g/mol. The molecular formula is C14H13N5. The molecule has 3 rings (SSSR count). The lowest BCUT2D eigenvalue weighted by Gasteiger charge is -2.09. The van der Waals surface area contributed by atoms with E-state index >= 15 is 0 Å². The first-order valence-corrected chi connectivity index (χ1v) is 5.91. The molecule has 3 aromatic rings. The van der Waals surface area contributed by atoms with Crippen molar-refractivity contribution in [1.29, 1.82) is 5.41 Å². The Hall–Kier alpha value is -2.69. The largest absolute Gasteiger partial charge is 0.384 e. The molecule has 0 unspecified atom stereocenters. The summed E-state index contributed by atoms with van der Waals surface area (Å²) in [4.78, 5) is 8.83. The van der Waals surface area contributed by atoms with Gasteiger partial charge in [-0.05, 0) is 31.2 Å². The number of para-hydroxylation sites is 2. The number of pyridine rings is 1. The Morgan fingerprint density at radius 1 is 1.21 bits per heavy atom. The summed E-state index contributed by atoms with van der Waals surface area (Å²) in [5.41, 5.74) is 8.94. The molecule has 1 aromatic carbocycles. The summed E-state index contributed by atoms with van der Waals surface area (Å²) in [5.74, 6) is 0.640. The van der Waals surface area contributed by atoms with E-state index in [1.165, 1.54) is 0 Å². The van der Waals surface area contributed by atoms with Crippen LogP contribution >= 0.6 is 0 Å². The van der Waals surface area contributed by atoms with Crippen LogP contribution in [0.1, 0.15) is 11.3 Å². The van der Waals surface area contributed by atoms with E-state index in [9.17, 15) is 0 Å². The lowest BCUT2D eigenvalue weighted by atomic mass is 10.2. The van der Waals surface area contributed by atoms with Gasteiger partial charge in [-0.2, -0.15) is 0 Å². The number of nitrogen functional groups attached to an aromatic ring is 1. The zero-order valence-electron chi connectivity index (χ0n) is 10.5. The number of aryl methyl sites for hydroxylation is 1. The van der Waals surface area contributed by atoms with E-state index in [2.05, 4.69) is 9.97 Å². The van der Waals surface area contributed by atoms with Gasteiger partial charge in [0.1, 0.15) is 18.0 Å². The number of hydrogen-bond donors (Lipinski definition) is 2. The van der Waals surface area contributed by atoms with Crippen molar-refractivity contribution in [2.75, 3.05) is 0 Å². The third-order valence-corrected chi connectivity index (χ3v) is 2.99. The van der Waals surface area contributed by atoms with Crippen molar-refractivity contribution in [1.82, 2.24) is 14.5 Å². The van der Waals surface area contributed by atoms with Crippen molar-refractivity contribution in [3.05, 3.63) is 54.0 Å². The van der Waals surface area contributed by atoms with E-state index in [1.54, 1.807) is 6.33 Å². The molecule has 0 amide bonds. The number of amidine groups is 1. The topological polar surface area (TPSA) is 80.6 Å². The van der Waals surface area contributed by atoms with Crippen LogP contribution in [-0.4, -0.2) is 20.4 Å². The van der Waals surface area contributed by atoms with Gasteiger partial charge in [0.05, 0.1) is 16.6 Å². The van der Waals surface area contributed by atoms with Gasteiger partial charge in [-0.3, -0.25) is 9.98 Å². The Kier molecular flexibility index (Phi) is 2.52. The second kappa shape index (κ2) is 4.20. The Balaban J connectivity index is 2.32. The van der Waals surface area contributed by atoms with Gasteiger partial charge in [0, 0.05) is 5.69 Å². The number of fused-ring (bicyclic) bond motifs is 1. The molecule has 0 saturated carbocycles. The van der Waals surface area contributed by atoms with E-state index in [0.29, 0.717) is 11.4 Å². The van der Waals surface area contributed by atoms with E-state index in [4.69, 9.17) is 11.1 Å². The summed E-state index contributed by atoms with van der Waals surface area (Å²) >= 11 is 0. The molecule has 94 valence electrons. The molecule has 2 aromatic heterocycles. The first kappa shape index (κ1) is 11.4. The number of hydrogen-bond acceptors (Lipinski definition) is 3. The quantitative estimate of drug-likeness (QED) is 0.540. The molecule has 5 nitrogen and oxygen atoms in total. The van der Waals surface area contributed by atoms with Gasteiger partial charge < -0.3 is 5.73 Å².